The lowest BCUT2D eigenvalue weighted by Gasteiger charge is -2.13. The molecular weight excluding hydrogens is 221 g/mol. The lowest BCUT2D eigenvalue weighted by molar-refractivity contribution is -0.138. The first-order valence-electron chi connectivity index (χ1n) is 4.68. The Morgan fingerprint density at radius 2 is 1.88 bits per heavy atom. The summed E-state index contributed by atoms with van der Waals surface area (Å²) in [5, 5.41) is 9.01. The van der Waals surface area contributed by atoms with Crippen molar-refractivity contribution in [1.29, 1.82) is 0 Å². The highest BCUT2D eigenvalue weighted by Gasteiger charge is 2.35. The first-order chi connectivity index (χ1) is 7.23. The Labute approximate surface area is 90.7 Å². The fourth-order valence-electron chi connectivity index (χ4n) is 1.29. The summed E-state index contributed by atoms with van der Waals surface area (Å²) >= 11 is 0. The maximum atomic E-state index is 12.6. The fourth-order valence-corrected chi connectivity index (χ4v) is 1.29. The molecule has 0 fully saturated rings. The minimum atomic E-state index is -4.64. The van der Waals surface area contributed by atoms with E-state index in [2.05, 4.69) is 0 Å². The van der Waals surface area contributed by atoms with Crippen LogP contribution in [0.3, 0.4) is 0 Å². The Kier molecular flexibility index (Phi) is 3.26. The van der Waals surface area contributed by atoms with Gasteiger partial charge in [-0.15, -0.1) is 0 Å². The number of rotatable bonds is 2. The second kappa shape index (κ2) is 4.15. The van der Waals surface area contributed by atoms with Crippen LogP contribution in [-0.2, 0) is 6.18 Å². The highest BCUT2D eigenvalue weighted by Crippen LogP contribution is 2.35. The highest BCUT2D eigenvalue weighted by atomic mass is 19.4. The van der Waals surface area contributed by atoms with Crippen LogP contribution in [0.2, 0.25) is 0 Å². The summed E-state index contributed by atoms with van der Waals surface area (Å²) in [6.07, 6.45) is -4.64. The molecular formula is C11H11F3O2. The second-order valence-corrected chi connectivity index (χ2v) is 3.75. The number of ketones is 1. The third kappa shape index (κ3) is 2.53. The zero-order valence-electron chi connectivity index (χ0n) is 8.80. The predicted molar refractivity (Wildman–Crippen MR) is 52.3 cm³/mol. The van der Waals surface area contributed by atoms with Gasteiger partial charge >= 0.3 is 6.18 Å². The Morgan fingerprint density at radius 1 is 1.31 bits per heavy atom. The molecule has 0 aliphatic rings. The number of carbonyl (C=O) groups is 1. The van der Waals surface area contributed by atoms with Crippen LogP contribution in [0.15, 0.2) is 18.2 Å². The number of aromatic hydroxyl groups is 1. The quantitative estimate of drug-likeness (QED) is 0.794. The van der Waals surface area contributed by atoms with Crippen molar-refractivity contribution < 1.29 is 23.1 Å². The molecule has 1 aromatic rings. The third-order valence-electron chi connectivity index (χ3n) is 2.10. The van der Waals surface area contributed by atoms with Crippen molar-refractivity contribution in [2.45, 2.75) is 20.0 Å². The van der Waals surface area contributed by atoms with Crippen molar-refractivity contribution >= 4 is 5.78 Å². The van der Waals surface area contributed by atoms with Crippen LogP contribution in [0.25, 0.3) is 0 Å². The maximum Gasteiger partial charge on any atom is 0.417 e. The SMILES string of the molecule is CC(C)C(=O)c1ccc(O)cc1C(F)(F)F. The third-order valence-corrected chi connectivity index (χ3v) is 2.10. The number of carbonyl (C=O) groups excluding carboxylic acids is 1. The summed E-state index contributed by atoms with van der Waals surface area (Å²) < 4.78 is 37.8. The van der Waals surface area contributed by atoms with Gasteiger partial charge in [0.1, 0.15) is 5.75 Å². The smallest absolute Gasteiger partial charge is 0.417 e. The van der Waals surface area contributed by atoms with Gasteiger partial charge in [0.25, 0.3) is 0 Å². The van der Waals surface area contributed by atoms with E-state index in [-0.39, 0.29) is 0 Å². The molecule has 2 nitrogen and oxygen atoms in total. The molecule has 0 amide bonds. The first-order valence-corrected chi connectivity index (χ1v) is 4.68. The van der Waals surface area contributed by atoms with Crippen LogP contribution >= 0.6 is 0 Å². The van der Waals surface area contributed by atoms with Gasteiger partial charge in [0.2, 0.25) is 0 Å². The van der Waals surface area contributed by atoms with Crippen LogP contribution in [0.4, 0.5) is 13.2 Å². The van der Waals surface area contributed by atoms with E-state index in [1.54, 1.807) is 0 Å². The van der Waals surface area contributed by atoms with Crippen molar-refractivity contribution in [2.24, 2.45) is 5.92 Å². The van der Waals surface area contributed by atoms with E-state index in [9.17, 15) is 18.0 Å². The predicted octanol–water partition coefficient (Wildman–Crippen LogP) is 3.25. The van der Waals surface area contributed by atoms with Crippen LogP contribution in [0, 0.1) is 5.92 Å². The van der Waals surface area contributed by atoms with Crippen LogP contribution in [-0.4, -0.2) is 10.9 Å². The average molecular weight is 232 g/mol. The van der Waals surface area contributed by atoms with Gasteiger partial charge in [-0.2, -0.15) is 13.2 Å². The van der Waals surface area contributed by atoms with Crippen LogP contribution in [0.5, 0.6) is 5.75 Å². The van der Waals surface area contributed by atoms with Crippen LogP contribution < -0.4 is 0 Å². The number of alkyl halides is 3. The van der Waals surface area contributed by atoms with E-state index in [1.807, 2.05) is 0 Å². The van der Waals surface area contributed by atoms with E-state index in [0.29, 0.717) is 6.07 Å². The van der Waals surface area contributed by atoms with E-state index in [0.717, 1.165) is 12.1 Å². The zero-order chi connectivity index (χ0) is 12.5. The van der Waals surface area contributed by atoms with Crippen LogP contribution in [0.1, 0.15) is 29.8 Å². The Hall–Kier alpha value is -1.52. The van der Waals surface area contributed by atoms with Crippen molar-refractivity contribution in [3.05, 3.63) is 29.3 Å². The van der Waals surface area contributed by atoms with Crippen molar-refractivity contribution in [3.63, 3.8) is 0 Å². The summed E-state index contributed by atoms with van der Waals surface area (Å²) in [7, 11) is 0. The van der Waals surface area contributed by atoms with Gasteiger partial charge in [-0.3, -0.25) is 4.79 Å². The number of hydrogen-bond donors (Lipinski definition) is 1. The number of Topliss-reactive ketones (excluding diaryl/α,β-unsaturated/α-hetero) is 1. The second-order valence-electron chi connectivity index (χ2n) is 3.75. The summed E-state index contributed by atoms with van der Waals surface area (Å²) in [6.45, 7) is 3.05. The molecule has 0 aliphatic carbocycles. The normalized spacial score (nSPS) is 11.9. The Morgan fingerprint density at radius 3 is 2.31 bits per heavy atom. The van der Waals surface area contributed by atoms with Gasteiger partial charge in [-0.1, -0.05) is 13.8 Å². The van der Waals surface area contributed by atoms with E-state index < -0.39 is 34.8 Å². The molecule has 0 unspecified atom stereocenters. The monoisotopic (exact) mass is 232 g/mol. The minimum Gasteiger partial charge on any atom is -0.508 e. The molecule has 0 saturated heterocycles. The Bertz CT molecular complexity index is 408. The van der Waals surface area contributed by atoms with E-state index >= 15 is 0 Å². The molecule has 1 N–H and O–H groups in total. The molecule has 0 atom stereocenters. The number of phenolic OH excluding ortho intramolecular Hbond substituents is 1. The number of benzene rings is 1. The molecule has 1 aromatic carbocycles. The first kappa shape index (κ1) is 12.5. The number of phenols is 1. The van der Waals surface area contributed by atoms with Gasteiger partial charge in [0.05, 0.1) is 5.56 Å². The molecule has 16 heavy (non-hydrogen) atoms. The van der Waals surface area contributed by atoms with Gasteiger partial charge in [0.15, 0.2) is 5.78 Å². The van der Waals surface area contributed by atoms with E-state index in [1.165, 1.54) is 13.8 Å². The molecule has 0 aliphatic heterocycles. The maximum absolute atomic E-state index is 12.6. The average Bonchev–Trinajstić information content (AvgIpc) is 2.15. The van der Waals surface area contributed by atoms with E-state index in [4.69, 9.17) is 5.11 Å². The standard InChI is InChI=1S/C11H11F3O2/c1-6(2)10(16)8-4-3-7(15)5-9(8)11(12,13)14/h3-6,15H,1-2H3. The summed E-state index contributed by atoms with van der Waals surface area (Å²) in [6, 6.07) is 2.64. The topological polar surface area (TPSA) is 37.3 Å². The molecule has 0 radical (unpaired) electrons. The van der Waals surface area contributed by atoms with Gasteiger partial charge in [-0.05, 0) is 18.2 Å². The molecule has 0 saturated carbocycles. The number of hydrogen-bond acceptors (Lipinski definition) is 2. The highest BCUT2D eigenvalue weighted by molar-refractivity contribution is 5.99. The largest absolute Gasteiger partial charge is 0.508 e. The molecule has 88 valence electrons. The lowest BCUT2D eigenvalue weighted by atomic mass is 9.96. The fraction of sp³-hybridized carbons (Fsp3) is 0.364. The molecule has 0 bridgehead atoms. The van der Waals surface area contributed by atoms with Crippen molar-refractivity contribution in [3.8, 4) is 5.75 Å². The number of halogens is 3. The molecule has 0 spiro atoms. The van der Waals surface area contributed by atoms with Crippen molar-refractivity contribution in [1.82, 2.24) is 0 Å². The van der Waals surface area contributed by atoms with Crippen molar-refractivity contribution in [2.75, 3.05) is 0 Å². The summed E-state index contributed by atoms with van der Waals surface area (Å²) in [5.41, 5.74) is -1.49. The minimum absolute atomic E-state index is 0.402. The zero-order valence-corrected chi connectivity index (χ0v) is 8.80. The molecule has 1 rings (SSSR count). The molecule has 0 heterocycles. The summed E-state index contributed by atoms with van der Waals surface area (Å²) in [4.78, 5) is 11.5. The Balaban J connectivity index is 3.34. The lowest BCUT2D eigenvalue weighted by Crippen LogP contribution is -2.16. The molecule has 5 heteroatoms. The van der Waals surface area contributed by atoms with Gasteiger partial charge in [-0.25, -0.2) is 0 Å². The van der Waals surface area contributed by atoms with Gasteiger partial charge < -0.3 is 5.11 Å². The van der Waals surface area contributed by atoms with Gasteiger partial charge in [0, 0.05) is 11.5 Å². The summed E-state index contributed by atoms with van der Waals surface area (Å²) in [5.74, 6) is -1.62. The molecule has 0 aromatic heterocycles.